The molecule has 9 heteroatoms. The van der Waals surface area contributed by atoms with Crippen molar-refractivity contribution >= 4 is 46.3 Å². The van der Waals surface area contributed by atoms with Crippen LogP contribution in [-0.4, -0.2) is 33.4 Å². The molecule has 2 aromatic carbocycles. The summed E-state index contributed by atoms with van der Waals surface area (Å²) in [6.07, 6.45) is 1.40. The summed E-state index contributed by atoms with van der Waals surface area (Å²) in [5.41, 5.74) is 1.76. The summed E-state index contributed by atoms with van der Waals surface area (Å²) >= 11 is 0.691. The summed E-state index contributed by atoms with van der Waals surface area (Å²) in [6, 6.07) is 12.9. The standard InChI is InChI=1S/C19H15N3O5S/c1-12-5-2-3-8-15(12)20-17(23)11-21-18(24)16(28-19(21)25)10-13-6-4-7-14(9-13)22(26)27/h2-10H,11H2,1H3,(H,20,23)/b16-10+. The fourth-order valence-corrected chi connectivity index (χ4v) is 3.40. The van der Waals surface area contributed by atoms with E-state index in [1.54, 1.807) is 18.2 Å². The molecule has 1 aliphatic rings. The molecule has 1 N–H and O–H groups in total. The Hall–Kier alpha value is -3.46. The molecule has 1 heterocycles. The molecule has 8 nitrogen and oxygen atoms in total. The van der Waals surface area contributed by atoms with Gasteiger partial charge in [0.15, 0.2) is 0 Å². The monoisotopic (exact) mass is 397 g/mol. The topological polar surface area (TPSA) is 110 Å². The molecule has 0 aliphatic carbocycles. The maximum absolute atomic E-state index is 12.5. The number of nitro benzene ring substituents is 1. The number of nitrogens with zero attached hydrogens (tertiary/aromatic N) is 2. The molecule has 0 spiro atoms. The van der Waals surface area contributed by atoms with Crippen LogP contribution in [0.15, 0.2) is 53.4 Å². The van der Waals surface area contributed by atoms with Crippen LogP contribution in [0.25, 0.3) is 6.08 Å². The molecule has 0 unspecified atom stereocenters. The van der Waals surface area contributed by atoms with Gasteiger partial charge in [-0.15, -0.1) is 0 Å². The first-order valence-corrected chi connectivity index (χ1v) is 9.02. The molecule has 1 saturated heterocycles. The number of para-hydroxylation sites is 1. The van der Waals surface area contributed by atoms with Crippen LogP contribution in [0.4, 0.5) is 16.2 Å². The van der Waals surface area contributed by atoms with Crippen molar-refractivity contribution < 1.29 is 19.3 Å². The molecule has 28 heavy (non-hydrogen) atoms. The van der Waals surface area contributed by atoms with E-state index in [-0.39, 0.29) is 10.6 Å². The minimum absolute atomic E-state index is 0.106. The second-order valence-corrected chi connectivity index (χ2v) is 6.98. The van der Waals surface area contributed by atoms with Crippen molar-refractivity contribution in [1.82, 2.24) is 4.90 Å². The first-order valence-electron chi connectivity index (χ1n) is 8.20. The lowest BCUT2D eigenvalue weighted by Crippen LogP contribution is -2.36. The highest BCUT2D eigenvalue weighted by Gasteiger charge is 2.36. The minimum atomic E-state index is -0.610. The third-order valence-electron chi connectivity index (χ3n) is 3.97. The van der Waals surface area contributed by atoms with E-state index in [4.69, 9.17) is 0 Å². The zero-order valence-electron chi connectivity index (χ0n) is 14.7. The van der Waals surface area contributed by atoms with Gasteiger partial charge in [0, 0.05) is 17.8 Å². The second kappa shape index (κ2) is 8.05. The largest absolute Gasteiger partial charge is 0.324 e. The number of amides is 3. The highest BCUT2D eigenvalue weighted by atomic mass is 32.2. The molecule has 2 aromatic rings. The summed E-state index contributed by atoms with van der Waals surface area (Å²) < 4.78 is 0. The first kappa shape index (κ1) is 19.3. The lowest BCUT2D eigenvalue weighted by Gasteiger charge is -2.13. The fourth-order valence-electron chi connectivity index (χ4n) is 2.56. The lowest BCUT2D eigenvalue weighted by molar-refractivity contribution is -0.384. The number of nitrogens with one attached hydrogen (secondary N) is 1. The summed E-state index contributed by atoms with van der Waals surface area (Å²) in [7, 11) is 0. The summed E-state index contributed by atoms with van der Waals surface area (Å²) in [4.78, 5) is 48.2. The van der Waals surface area contributed by atoms with E-state index in [0.29, 0.717) is 23.0 Å². The van der Waals surface area contributed by atoms with E-state index in [9.17, 15) is 24.5 Å². The van der Waals surface area contributed by atoms with Crippen molar-refractivity contribution in [2.24, 2.45) is 0 Å². The number of hydrogen-bond acceptors (Lipinski definition) is 6. The van der Waals surface area contributed by atoms with Crippen molar-refractivity contribution in [3.8, 4) is 0 Å². The van der Waals surface area contributed by atoms with Crippen LogP contribution in [-0.2, 0) is 9.59 Å². The summed E-state index contributed by atoms with van der Waals surface area (Å²) in [5.74, 6) is -1.10. The van der Waals surface area contributed by atoms with E-state index in [0.717, 1.165) is 10.5 Å². The average molecular weight is 397 g/mol. The van der Waals surface area contributed by atoms with Crippen LogP contribution < -0.4 is 5.32 Å². The number of carbonyl (C=O) groups excluding carboxylic acids is 3. The van der Waals surface area contributed by atoms with Crippen LogP contribution >= 0.6 is 11.8 Å². The number of hydrogen-bond donors (Lipinski definition) is 1. The van der Waals surface area contributed by atoms with Crippen molar-refractivity contribution in [2.75, 3.05) is 11.9 Å². The maximum Gasteiger partial charge on any atom is 0.294 e. The Morgan fingerprint density at radius 2 is 1.96 bits per heavy atom. The van der Waals surface area contributed by atoms with Crippen LogP contribution in [0.5, 0.6) is 0 Å². The third-order valence-corrected chi connectivity index (χ3v) is 4.88. The van der Waals surface area contributed by atoms with E-state index < -0.39 is 28.5 Å². The Kier molecular flexibility index (Phi) is 5.55. The van der Waals surface area contributed by atoms with Gasteiger partial charge in [-0.2, -0.15) is 0 Å². The highest BCUT2D eigenvalue weighted by molar-refractivity contribution is 8.18. The van der Waals surface area contributed by atoms with E-state index in [2.05, 4.69) is 5.32 Å². The Bertz CT molecular complexity index is 1020. The lowest BCUT2D eigenvalue weighted by atomic mass is 10.2. The smallest absolute Gasteiger partial charge is 0.294 e. The number of benzene rings is 2. The third kappa shape index (κ3) is 4.26. The van der Waals surface area contributed by atoms with Crippen LogP contribution in [0.3, 0.4) is 0 Å². The molecule has 3 amide bonds. The van der Waals surface area contributed by atoms with Gasteiger partial charge in [0.25, 0.3) is 16.8 Å². The van der Waals surface area contributed by atoms with Gasteiger partial charge in [0.2, 0.25) is 5.91 Å². The number of imide groups is 1. The Morgan fingerprint density at radius 1 is 1.21 bits per heavy atom. The Labute approximate surface area is 164 Å². The Morgan fingerprint density at radius 3 is 2.68 bits per heavy atom. The summed E-state index contributed by atoms with van der Waals surface area (Å²) in [5, 5.41) is 13.0. The first-order chi connectivity index (χ1) is 13.3. The van der Waals surface area contributed by atoms with Gasteiger partial charge in [-0.05, 0) is 42.0 Å². The van der Waals surface area contributed by atoms with Crippen LogP contribution in [0.2, 0.25) is 0 Å². The van der Waals surface area contributed by atoms with Crippen molar-refractivity contribution in [1.29, 1.82) is 0 Å². The summed E-state index contributed by atoms with van der Waals surface area (Å²) in [6.45, 7) is 1.42. The quantitative estimate of drug-likeness (QED) is 0.469. The molecule has 3 rings (SSSR count). The van der Waals surface area contributed by atoms with Gasteiger partial charge in [0.1, 0.15) is 6.54 Å². The number of thioether (sulfide) groups is 1. The molecule has 0 radical (unpaired) electrons. The number of non-ortho nitro benzene ring substituents is 1. The van der Waals surface area contributed by atoms with Gasteiger partial charge in [-0.25, -0.2) is 0 Å². The number of aryl methyl sites for hydroxylation is 1. The van der Waals surface area contributed by atoms with Crippen molar-refractivity contribution in [2.45, 2.75) is 6.92 Å². The zero-order valence-corrected chi connectivity index (χ0v) is 15.6. The average Bonchev–Trinajstić information content (AvgIpc) is 2.91. The predicted octanol–water partition coefficient (Wildman–Crippen LogP) is 3.58. The van der Waals surface area contributed by atoms with Gasteiger partial charge in [0.05, 0.1) is 9.83 Å². The number of anilines is 1. The highest BCUT2D eigenvalue weighted by Crippen LogP contribution is 2.32. The fraction of sp³-hybridized carbons (Fsp3) is 0.105. The molecular weight excluding hydrogens is 382 g/mol. The van der Waals surface area contributed by atoms with Crippen molar-refractivity contribution in [3.05, 3.63) is 74.7 Å². The van der Waals surface area contributed by atoms with Gasteiger partial charge in [-0.1, -0.05) is 30.3 Å². The van der Waals surface area contributed by atoms with E-state index in [1.165, 1.54) is 24.3 Å². The maximum atomic E-state index is 12.5. The molecule has 142 valence electrons. The second-order valence-electron chi connectivity index (χ2n) is 5.98. The minimum Gasteiger partial charge on any atom is -0.324 e. The number of rotatable bonds is 5. The zero-order chi connectivity index (χ0) is 20.3. The SMILES string of the molecule is Cc1ccccc1NC(=O)CN1C(=O)S/C(=C/c2cccc([N+](=O)[O-])c2)C1=O. The molecule has 1 aliphatic heterocycles. The molecule has 1 fully saturated rings. The molecule has 0 aromatic heterocycles. The normalized spacial score (nSPS) is 15.2. The van der Waals surface area contributed by atoms with Gasteiger partial charge in [-0.3, -0.25) is 29.4 Å². The molecular formula is C19H15N3O5S. The molecule has 0 bridgehead atoms. The van der Waals surface area contributed by atoms with Gasteiger partial charge < -0.3 is 5.32 Å². The van der Waals surface area contributed by atoms with Gasteiger partial charge >= 0.3 is 0 Å². The van der Waals surface area contributed by atoms with E-state index in [1.807, 2.05) is 19.1 Å². The predicted molar refractivity (Wildman–Crippen MR) is 106 cm³/mol. The number of carbonyl (C=O) groups is 3. The van der Waals surface area contributed by atoms with E-state index >= 15 is 0 Å². The molecule has 0 atom stereocenters. The van der Waals surface area contributed by atoms with Crippen LogP contribution in [0.1, 0.15) is 11.1 Å². The Balaban J connectivity index is 1.73. The van der Waals surface area contributed by atoms with Crippen molar-refractivity contribution in [3.63, 3.8) is 0 Å². The van der Waals surface area contributed by atoms with Crippen LogP contribution in [0, 0.1) is 17.0 Å². The number of nitro groups is 1. The molecule has 0 saturated carbocycles.